The highest BCUT2D eigenvalue weighted by molar-refractivity contribution is 5.89. The minimum atomic E-state index is -0.0473. The number of hydrogen-bond donors (Lipinski definition) is 3. The van der Waals surface area contributed by atoms with Gasteiger partial charge in [0.15, 0.2) is 0 Å². The molecule has 4 N–H and O–H groups in total. The molecule has 7 heteroatoms. The van der Waals surface area contributed by atoms with Gasteiger partial charge in [-0.05, 0) is 49.3 Å². The number of halogens is 1. The molecule has 2 aliphatic rings. The molecule has 0 unspecified atom stereocenters. The van der Waals surface area contributed by atoms with E-state index >= 15 is 0 Å². The molecule has 1 aliphatic carbocycles. The number of nitrogens with one attached hydrogen (secondary N) is 2. The van der Waals surface area contributed by atoms with Crippen LogP contribution in [-0.4, -0.2) is 36.0 Å². The zero-order chi connectivity index (χ0) is 17.6. The van der Waals surface area contributed by atoms with E-state index < -0.39 is 0 Å². The topological polar surface area (TPSA) is 87.5 Å². The van der Waals surface area contributed by atoms with Crippen molar-refractivity contribution in [2.45, 2.75) is 51.1 Å². The number of nitrogens with zero attached hydrogens (tertiary/aromatic N) is 1. The zero-order valence-corrected chi connectivity index (χ0v) is 15.9. The molecule has 3 amide bonds. The number of carbonyl (C=O) groups excluding carboxylic acids is 2. The van der Waals surface area contributed by atoms with Crippen LogP contribution in [0.3, 0.4) is 0 Å². The summed E-state index contributed by atoms with van der Waals surface area (Å²) in [5.41, 5.74) is 7.77. The Labute approximate surface area is 161 Å². The minimum absolute atomic E-state index is 0. The predicted molar refractivity (Wildman–Crippen MR) is 105 cm³/mol. The molecule has 2 fully saturated rings. The Bertz CT molecular complexity index is 619. The highest BCUT2D eigenvalue weighted by atomic mass is 35.5. The molecular formula is C19H29ClN4O2. The molecule has 26 heavy (non-hydrogen) atoms. The van der Waals surface area contributed by atoms with E-state index in [9.17, 15) is 9.59 Å². The summed E-state index contributed by atoms with van der Waals surface area (Å²) >= 11 is 0. The normalized spacial score (nSPS) is 22.0. The molecule has 3 rings (SSSR count). The number of hydrogen-bond acceptors (Lipinski definition) is 3. The third-order valence-corrected chi connectivity index (χ3v) is 5.23. The lowest BCUT2D eigenvalue weighted by Crippen LogP contribution is -2.32. The zero-order valence-electron chi connectivity index (χ0n) is 15.1. The second kappa shape index (κ2) is 9.78. The lowest BCUT2D eigenvalue weighted by atomic mass is 10.00. The lowest BCUT2D eigenvalue weighted by molar-refractivity contribution is -0.122. The van der Waals surface area contributed by atoms with Crippen molar-refractivity contribution < 1.29 is 9.59 Å². The van der Waals surface area contributed by atoms with E-state index in [4.69, 9.17) is 5.73 Å². The standard InChI is InChI=1S/C19H28N4O2.ClH/c20-17-8-4-6-15(17)12-18(24)21-13-14-5-3-7-16(11-14)22-19(25)23-9-1-2-10-23;/h3,5,7,11,15,17H,1-2,4,6,8-10,12-13,20H2,(H,21,24)(H,22,25);1H/t15-,17+;/m0./s1. The van der Waals surface area contributed by atoms with Crippen LogP contribution in [0.1, 0.15) is 44.1 Å². The predicted octanol–water partition coefficient (Wildman–Crippen LogP) is 2.87. The second-order valence-corrected chi connectivity index (χ2v) is 7.16. The van der Waals surface area contributed by atoms with Gasteiger partial charge in [0.1, 0.15) is 0 Å². The minimum Gasteiger partial charge on any atom is -0.352 e. The van der Waals surface area contributed by atoms with Crippen LogP contribution in [0.2, 0.25) is 0 Å². The number of anilines is 1. The SMILES string of the molecule is Cl.N[C@@H]1CCC[C@H]1CC(=O)NCc1cccc(NC(=O)N2CCCC2)c1. The Balaban J connectivity index is 0.00000243. The molecule has 0 spiro atoms. The van der Waals surface area contributed by atoms with Crippen molar-refractivity contribution in [3.8, 4) is 0 Å². The Morgan fingerprint density at radius 1 is 1.15 bits per heavy atom. The van der Waals surface area contributed by atoms with Gasteiger partial charge in [0, 0.05) is 37.8 Å². The maximum Gasteiger partial charge on any atom is 0.321 e. The number of rotatable bonds is 5. The first-order chi connectivity index (χ1) is 12.1. The number of benzene rings is 1. The van der Waals surface area contributed by atoms with Crippen molar-refractivity contribution in [1.82, 2.24) is 10.2 Å². The van der Waals surface area contributed by atoms with Crippen LogP contribution in [0.5, 0.6) is 0 Å². The Morgan fingerprint density at radius 2 is 1.92 bits per heavy atom. The first kappa shape index (κ1) is 20.5. The summed E-state index contributed by atoms with van der Waals surface area (Å²) in [6.07, 6.45) is 5.85. The molecule has 0 aromatic heterocycles. The fourth-order valence-electron chi connectivity index (χ4n) is 3.71. The molecule has 144 valence electrons. The highest BCUT2D eigenvalue weighted by Crippen LogP contribution is 2.26. The van der Waals surface area contributed by atoms with Crippen molar-refractivity contribution in [3.63, 3.8) is 0 Å². The summed E-state index contributed by atoms with van der Waals surface area (Å²) in [6.45, 7) is 2.12. The number of amides is 3. The highest BCUT2D eigenvalue weighted by Gasteiger charge is 2.25. The lowest BCUT2D eigenvalue weighted by Gasteiger charge is -2.17. The van der Waals surface area contributed by atoms with Crippen LogP contribution in [-0.2, 0) is 11.3 Å². The molecule has 6 nitrogen and oxygen atoms in total. The quantitative estimate of drug-likeness (QED) is 0.733. The second-order valence-electron chi connectivity index (χ2n) is 7.16. The molecule has 0 bridgehead atoms. The van der Waals surface area contributed by atoms with Crippen molar-refractivity contribution in [3.05, 3.63) is 29.8 Å². The van der Waals surface area contributed by atoms with Gasteiger partial charge in [-0.25, -0.2) is 4.79 Å². The van der Waals surface area contributed by atoms with Crippen LogP contribution >= 0.6 is 12.4 Å². The van der Waals surface area contributed by atoms with Crippen LogP contribution in [0, 0.1) is 5.92 Å². The van der Waals surface area contributed by atoms with Crippen molar-refractivity contribution in [2.75, 3.05) is 18.4 Å². The number of carbonyl (C=O) groups is 2. The van der Waals surface area contributed by atoms with E-state index in [1.54, 1.807) is 0 Å². The van der Waals surface area contributed by atoms with Gasteiger partial charge in [-0.3, -0.25) is 4.79 Å². The van der Waals surface area contributed by atoms with E-state index in [2.05, 4.69) is 10.6 Å². The number of urea groups is 1. The van der Waals surface area contributed by atoms with Gasteiger partial charge in [0.25, 0.3) is 0 Å². The molecule has 1 aromatic carbocycles. The molecule has 1 aromatic rings. The average molecular weight is 381 g/mol. The van der Waals surface area contributed by atoms with E-state index in [0.717, 1.165) is 56.4 Å². The van der Waals surface area contributed by atoms with E-state index in [-0.39, 0.29) is 30.4 Å². The van der Waals surface area contributed by atoms with Crippen LogP contribution in [0.4, 0.5) is 10.5 Å². The molecule has 1 aliphatic heterocycles. The molecule has 1 heterocycles. The third kappa shape index (κ3) is 5.61. The van der Waals surface area contributed by atoms with Crippen molar-refractivity contribution in [2.24, 2.45) is 11.7 Å². The van der Waals surface area contributed by atoms with E-state index in [1.165, 1.54) is 0 Å². The number of nitrogens with two attached hydrogens (primary N) is 1. The van der Waals surface area contributed by atoms with E-state index in [0.29, 0.717) is 18.9 Å². The molecule has 1 saturated heterocycles. The fourth-order valence-corrected chi connectivity index (χ4v) is 3.71. The van der Waals surface area contributed by atoms with Gasteiger partial charge in [0.05, 0.1) is 0 Å². The van der Waals surface area contributed by atoms with Gasteiger partial charge in [-0.2, -0.15) is 0 Å². The smallest absolute Gasteiger partial charge is 0.321 e. The van der Waals surface area contributed by atoms with Gasteiger partial charge in [-0.1, -0.05) is 18.6 Å². The maximum absolute atomic E-state index is 12.1. The summed E-state index contributed by atoms with van der Waals surface area (Å²) in [7, 11) is 0. The Kier molecular flexibility index (Phi) is 7.72. The van der Waals surface area contributed by atoms with Gasteiger partial charge < -0.3 is 21.3 Å². The molecular weight excluding hydrogens is 352 g/mol. The van der Waals surface area contributed by atoms with Crippen LogP contribution < -0.4 is 16.4 Å². The van der Waals surface area contributed by atoms with Gasteiger partial charge in [-0.15, -0.1) is 12.4 Å². The summed E-state index contributed by atoms with van der Waals surface area (Å²) in [6, 6.07) is 7.75. The van der Waals surface area contributed by atoms with Crippen molar-refractivity contribution >= 4 is 30.0 Å². The monoisotopic (exact) mass is 380 g/mol. The maximum atomic E-state index is 12.1. The largest absolute Gasteiger partial charge is 0.352 e. The summed E-state index contributed by atoms with van der Waals surface area (Å²) in [5.74, 6) is 0.361. The average Bonchev–Trinajstić information content (AvgIpc) is 3.26. The van der Waals surface area contributed by atoms with Crippen molar-refractivity contribution in [1.29, 1.82) is 0 Å². The molecule has 1 saturated carbocycles. The summed E-state index contributed by atoms with van der Waals surface area (Å²) < 4.78 is 0. The summed E-state index contributed by atoms with van der Waals surface area (Å²) in [5, 5.41) is 5.90. The molecule has 0 radical (unpaired) electrons. The first-order valence-corrected chi connectivity index (χ1v) is 9.29. The Morgan fingerprint density at radius 3 is 2.62 bits per heavy atom. The molecule has 2 atom stereocenters. The van der Waals surface area contributed by atoms with Gasteiger partial charge >= 0.3 is 6.03 Å². The number of likely N-dealkylation sites (tertiary alicyclic amines) is 1. The fraction of sp³-hybridized carbons (Fsp3) is 0.579. The Hall–Kier alpha value is -1.79. The first-order valence-electron chi connectivity index (χ1n) is 9.29. The van der Waals surface area contributed by atoms with Crippen LogP contribution in [0.15, 0.2) is 24.3 Å². The van der Waals surface area contributed by atoms with Crippen LogP contribution in [0.25, 0.3) is 0 Å². The van der Waals surface area contributed by atoms with Gasteiger partial charge in [0.2, 0.25) is 5.91 Å². The third-order valence-electron chi connectivity index (χ3n) is 5.23. The van der Waals surface area contributed by atoms with E-state index in [1.807, 2.05) is 29.2 Å². The summed E-state index contributed by atoms with van der Waals surface area (Å²) in [4.78, 5) is 26.1.